The van der Waals surface area contributed by atoms with Crippen molar-refractivity contribution in [2.45, 2.75) is 6.92 Å². The Morgan fingerprint density at radius 2 is 1.89 bits per heavy atom. The van der Waals surface area contributed by atoms with E-state index in [1.807, 2.05) is 0 Å². The summed E-state index contributed by atoms with van der Waals surface area (Å²) in [6.07, 6.45) is 0. The average Bonchev–Trinajstić information content (AvgIpc) is 2.65. The lowest BCUT2D eigenvalue weighted by Crippen LogP contribution is -2.21. The van der Waals surface area contributed by atoms with Gasteiger partial charge in [-0.3, -0.25) is 14.9 Å². The largest absolute Gasteiger partial charge is 0.497 e. The van der Waals surface area contributed by atoms with Gasteiger partial charge in [0.15, 0.2) is 6.61 Å². The molecule has 0 unspecified atom stereocenters. The molecule has 0 radical (unpaired) electrons. The lowest BCUT2D eigenvalue weighted by molar-refractivity contribution is -0.385. The number of nitrogens with one attached hydrogen (secondary N) is 1. The minimum atomic E-state index is -0.960. The Morgan fingerprint density at radius 1 is 1.15 bits per heavy atom. The van der Waals surface area contributed by atoms with Gasteiger partial charge < -0.3 is 19.5 Å². The van der Waals surface area contributed by atoms with Crippen LogP contribution in [0.25, 0.3) is 0 Å². The SMILES string of the molecule is COc1ccc(OC)c(NC(=O)COC(=O)c2cccc(C)c2[N+](=O)[O-])c1. The number of carbonyl (C=O) groups excluding carboxylic acids is 2. The third-order valence-electron chi connectivity index (χ3n) is 3.66. The molecule has 1 amide bonds. The minimum Gasteiger partial charge on any atom is -0.497 e. The van der Waals surface area contributed by atoms with Crippen molar-refractivity contribution >= 4 is 23.3 Å². The Morgan fingerprint density at radius 3 is 2.52 bits per heavy atom. The Balaban J connectivity index is 2.08. The smallest absolute Gasteiger partial charge is 0.345 e. The van der Waals surface area contributed by atoms with Crippen molar-refractivity contribution in [1.82, 2.24) is 0 Å². The van der Waals surface area contributed by atoms with Crippen LogP contribution in [0.5, 0.6) is 11.5 Å². The number of nitro benzene ring substituents is 1. The molecule has 2 rings (SSSR count). The highest BCUT2D eigenvalue weighted by Gasteiger charge is 2.24. The van der Waals surface area contributed by atoms with Gasteiger partial charge in [-0.1, -0.05) is 12.1 Å². The monoisotopic (exact) mass is 374 g/mol. The van der Waals surface area contributed by atoms with Gasteiger partial charge in [-0.05, 0) is 25.1 Å². The van der Waals surface area contributed by atoms with E-state index in [9.17, 15) is 19.7 Å². The number of aryl methyl sites for hydroxylation is 1. The molecule has 9 nitrogen and oxygen atoms in total. The summed E-state index contributed by atoms with van der Waals surface area (Å²) < 4.78 is 15.1. The van der Waals surface area contributed by atoms with Gasteiger partial charge in [-0.15, -0.1) is 0 Å². The summed E-state index contributed by atoms with van der Waals surface area (Å²) in [6, 6.07) is 9.10. The standard InChI is InChI=1S/C18H18N2O7/c1-11-5-4-6-13(17(11)20(23)24)18(22)27-10-16(21)19-14-9-12(25-2)7-8-15(14)26-3/h4-9H,10H2,1-3H3,(H,19,21). The summed E-state index contributed by atoms with van der Waals surface area (Å²) in [7, 11) is 2.91. The van der Waals surface area contributed by atoms with E-state index in [1.54, 1.807) is 18.2 Å². The van der Waals surface area contributed by atoms with Crippen LogP contribution in [0.4, 0.5) is 11.4 Å². The molecule has 1 N–H and O–H groups in total. The molecule has 0 bridgehead atoms. The molecule has 142 valence electrons. The number of anilines is 1. The summed E-state index contributed by atoms with van der Waals surface area (Å²) in [5, 5.41) is 13.7. The Bertz CT molecular complexity index is 880. The molecule has 0 spiro atoms. The van der Waals surface area contributed by atoms with Crippen LogP contribution in [0.3, 0.4) is 0 Å². The molecule has 9 heteroatoms. The molecule has 0 fully saturated rings. The Hall–Kier alpha value is -3.62. The third-order valence-corrected chi connectivity index (χ3v) is 3.66. The molecule has 2 aromatic rings. The molecule has 0 aliphatic heterocycles. The van der Waals surface area contributed by atoms with Gasteiger partial charge in [0.05, 0.1) is 24.8 Å². The van der Waals surface area contributed by atoms with Crippen LogP contribution in [0, 0.1) is 17.0 Å². The van der Waals surface area contributed by atoms with Crippen molar-refractivity contribution < 1.29 is 28.7 Å². The van der Waals surface area contributed by atoms with Gasteiger partial charge >= 0.3 is 5.97 Å². The normalized spacial score (nSPS) is 10.0. The number of esters is 1. The fraction of sp³-hybridized carbons (Fsp3) is 0.222. The average molecular weight is 374 g/mol. The van der Waals surface area contributed by atoms with E-state index in [4.69, 9.17) is 14.2 Å². The predicted molar refractivity (Wildman–Crippen MR) is 96.3 cm³/mol. The van der Waals surface area contributed by atoms with Crippen LogP contribution >= 0.6 is 0 Å². The second-order valence-electron chi connectivity index (χ2n) is 5.42. The van der Waals surface area contributed by atoms with Gasteiger partial charge in [0.25, 0.3) is 11.6 Å². The predicted octanol–water partition coefficient (Wildman–Crippen LogP) is 2.72. The van der Waals surface area contributed by atoms with Crippen molar-refractivity contribution in [3.63, 3.8) is 0 Å². The Labute approximate surface area is 155 Å². The number of nitrogens with zero attached hydrogens (tertiary/aromatic N) is 1. The van der Waals surface area contributed by atoms with Crippen LogP contribution in [0.15, 0.2) is 36.4 Å². The van der Waals surface area contributed by atoms with E-state index in [2.05, 4.69) is 5.32 Å². The van der Waals surface area contributed by atoms with E-state index in [-0.39, 0.29) is 11.3 Å². The van der Waals surface area contributed by atoms with Crippen LogP contribution in [0.2, 0.25) is 0 Å². The zero-order chi connectivity index (χ0) is 20.0. The number of amides is 1. The zero-order valence-corrected chi connectivity index (χ0v) is 15.0. The van der Waals surface area contributed by atoms with Gasteiger partial charge in [0.1, 0.15) is 17.1 Å². The fourth-order valence-corrected chi connectivity index (χ4v) is 2.37. The summed E-state index contributed by atoms with van der Waals surface area (Å²) in [5.41, 5.74) is 0.0867. The number of hydrogen-bond donors (Lipinski definition) is 1. The first-order chi connectivity index (χ1) is 12.9. The molecule has 0 aromatic heterocycles. The topological polar surface area (TPSA) is 117 Å². The molecule has 2 aromatic carbocycles. The molecule has 0 atom stereocenters. The second-order valence-corrected chi connectivity index (χ2v) is 5.42. The van der Waals surface area contributed by atoms with E-state index in [0.717, 1.165) is 0 Å². The molecular formula is C18H18N2O7. The lowest BCUT2D eigenvalue weighted by Gasteiger charge is -2.12. The number of benzene rings is 2. The lowest BCUT2D eigenvalue weighted by atomic mass is 10.1. The van der Waals surface area contributed by atoms with Crippen molar-refractivity contribution in [2.24, 2.45) is 0 Å². The van der Waals surface area contributed by atoms with Crippen LogP contribution in [0.1, 0.15) is 15.9 Å². The summed E-state index contributed by atoms with van der Waals surface area (Å²) in [5.74, 6) is -0.702. The molecule has 0 saturated carbocycles. The first-order valence-corrected chi connectivity index (χ1v) is 7.80. The van der Waals surface area contributed by atoms with Crippen molar-refractivity contribution in [2.75, 3.05) is 26.1 Å². The summed E-state index contributed by atoms with van der Waals surface area (Å²) in [6.45, 7) is 0.890. The van der Waals surface area contributed by atoms with E-state index in [1.165, 1.54) is 39.3 Å². The first kappa shape index (κ1) is 19.7. The van der Waals surface area contributed by atoms with Gasteiger partial charge in [0, 0.05) is 11.6 Å². The van der Waals surface area contributed by atoms with Crippen molar-refractivity contribution in [3.05, 3.63) is 57.6 Å². The number of hydrogen-bond acceptors (Lipinski definition) is 7. The number of ether oxygens (including phenoxy) is 3. The number of nitro groups is 1. The van der Waals surface area contributed by atoms with Crippen molar-refractivity contribution in [3.8, 4) is 11.5 Å². The van der Waals surface area contributed by atoms with E-state index >= 15 is 0 Å². The summed E-state index contributed by atoms with van der Waals surface area (Å²) >= 11 is 0. The molecule has 0 saturated heterocycles. The van der Waals surface area contributed by atoms with Gasteiger partial charge in [0.2, 0.25) is 0 Å². The number of rotatable bonds is 7. The summed E-state index contributed by atoms with van der Waals surface area (Å²) in [4.78, 5) is 34.7. The number of carbonyl (C=O) groups is 2. The van der Waals surface area contributed by atoms with Crippen LogP contribution in [-0.4, -0.2) is 37.6 Å². The highest BCUT2D eigenvalue weighted by molar-refractivity contribution is 5.98. The van der Waals surface area contributed by atoms with Crippen molar-refractivity contribution in [1.29, 1.82) is 0 Å². The van der Waals surface area contributed by atoms with Gasteiger partial charge in [-0.2, -0.15) is 0 Å². The number of para-hydroxylation sites is 1. The maximum Gasteiger partial charge on any atom is 0.345 e. The molecule has 0 heterocycles. The van der Waals surface area contributed by atoms with Crippen LogP contribution in [-0.2, 0) is 9.53 Å². The highest BCUT2D eigenvalue weighted by atomic mass is 16.6. The maximum atomic E-state index is 12.2. The molecular weight excluding hydrogens is 356 g/mol. The fourth-order valence-electron chi connectivity index (χ4n) is 2.37. The highest BCUT2D eigenvalue weighted by Crippen LogP contribution is 2.29. The third kappa shape index (κ3) is 4.72. The second kappa shape index (κ2) is 8.65. The Kier molecular flexibility index (Phi) is 6.32. The number of methoxy groups -OCH3 is 2. The minimum absolute atomic E-state index is 0.216. The van der Waals surface area contributed by atoms with E-state index in [0.29, 0.717) is 22.7 Å². The van der Waals surface area contributed by atoms with Crippen LogP contribution < -0.4 is 14.8 Å². The molecule has 0 aliphatic carbocycles. The van der Waals surface area contributed by atoms with E-state index < -0.39 is 23.4 Å². The first-order valence-electron chi connectivity index (χ1n) is 7.80. The molecule has 27 heavy (non-hydrogen) atoms. The van der Waals surface area contributed by atoms with Gasteiger partial charge in [-0.25, -0.2) is 4.79 Å². The maximum absolute atomic E-state index is 12.2. The quantitative estimate of drug-likeness (QED) is 0.450. The molecule has 0 aliphatic rings. The zero-order valence-electron chi connectivity index (χ0n) is 15.0.